The second-order valence-corrected chi connectivity index (χ2v) is 6.19. The average molecular weight is 272 g/mol. The first-order valence-electron chi connectivity index (χ1n) is 5.53. The van der Waals surface area contributed by atoms with Gasteiger partial charge in [0.15, 0.2) is 0 Å². The molecule has 0 saturated carbocycles. The quantitative estimate of drug-likeness (QED) is 0.746. The Morgan fingerprint density at radius 3 is 2.72 bits per heavy atom. The third-order valence-electron chi connectivity index (χ3n) is 2.99. The molecule has 1 aliphatic heterocycles. The number of aliphatic hydroxyl groups is 1. The Bertz CT molecular complexity index is 538. The molecule has 1 fully saturated rings. The highest BCUT2D eigenvalue weighted by atomic mass is 32.2. The van der Waals surface area contributed by atoms with Crippen LogP contribution in [0.3, 0.4) is 0 Å². The van der Waals surface area contributed by atoms with E-state index < -0.39 is 10.0 Å². The van der Waals surface area contributed by atoms with Gasteiger partial charge in [-0.3, -0.25) is 0 Å². The van der Waals surface area contributed by atoms with E-state index in [4.69, 9.17) is 15.6 Å². The molecule has 0 radical (unpaired) electrons. The Morgan fingerprint density at radius 2 is 2.17 bits per heavy atom. The van der Waals surface area contributed by atoms with E-state index in [1.165, 1.54) is 29.6 Å². The summed E-state index contributed by atoms with van der Waals surface area (Å²) in [5.74, 6) is 0.266. The molecule has 0 spiro atoms. The minimum atomic E-state index is -3.56. The first-order valence-corrected chi connectivity index (χ1v) is 6.97. The Hall–Kier alpha value is -1.31. The lowest BCUT2D eigenvalue weighted by molar-refractivity contribution is 0.117. The van der Waals surface area contributed by atoms with E-state index in [0.29, 0.717) is 18.8 Å². The van der Waals surface area contributed by atoms with Crippen LogP contribution in [0.25, 0.3) is 0 Å². The van der Waals surface area contributed by atoms with Crippen LogP contribution in [0.5, 0.6) is 5.75 Å². The van der Waals surface area contributed by atoms with Crippen LogP contribution < -0.4 is 10.5 Å². The number of nitrogens with two attached hydrogens (primary N) is 1. The van der Waals surface area contributed by atoms with Crippen LogP contribution in [-0.4, -0.2) is 44.6 Å². The molecule has 0 aliphatic carbocycles. The number of aliphatic hydroxyl groups excluding tert-OH is 1. The zero-order valence-corrected chi connectivity index (χ0v) is 10.9. The summed E-state index contributed by atoms with van der Waals surface area (Å²) in [5, 5.41) is 8.91. The van der Waals surface area contributed by atoms with Crippen LogP contribution >= 0.6 is 0 Å². The van der Waals surface area contributed by atoms with E-state index in [0.717, 1.165) is 0 Å². The Kier molecular flexibility index (Phi) is 3.47. The van der Waals surface area contributed by atoms with Gasteiger partial charge in [0.05, 0.1) is 7.11 Å². The van der Waals surface area contributed by atoms with Crippen LogP contribution in [0, 0.1) is 5.92 Å². The summed E-state index contributed by atoms with van der Waals surface area (Å²) in [6.07, 6.45) is 0. The van der Waals surface area contributed by atoms with Gasteiger partial charge >= 0.3 is 0 Å². The van der Waals surface area contributed by atoms with Gasteiger partial charge in [0, 0.05) is 37.4 Å². The molecule has 0 unspecified atom stereocenters. The molecule has 0 bridgehead atoms. The molecule has 7 heteroatoms. The number of nitrogens with zero attached hydrogens (tertiary/aromatic N) is 1. The zero-order valence-electron chi connectivity index (χ0n) is 10.0. The highest BCUT2D eigenvalue weighted by Gasteiger charge is 2.37. The predicted molar refractivity (Wildman–Crippen MR) is 66.7 cm³/mol. The molecule has 1 saturated heterocycles. The highest BCUT2D eigenvalue weighted by Crippen LogP contribution is 2.32. The summed E-state index contributed by atoms with van der Waals surface area (Å²) in [6.45, 7) is 0.684. The van der Waals surface area contributed by atoms with Gasteiger partial charge in [-0.2, -0.15) is 4.31 Å². The van der Waals surface area contributed by atoms with Crippen molar-refractivity contribution in [3.63, 3.8) is 0 Å². The van der Waals surface area contributed by atoms with Crippen molar-refractivity contribution in [2.75, 3.05) is 32.5 Å². The fraction of sp³-hybridized carbons (Fsp3) is 0.455. The van der Waals surface area contributed by atoms with Gasteiger partial charge in [0.1, 0.15) is 10.6 Å². The average Bonchev–Trinajstić information content (AvgIpc) is 2.26. The summed E-state index contributed by atoms with van der Waals surface area (Å²) in [4.78, 5) is 0.107. The largest absolute Gasteiger partial charge is 0.495 e. The second-order valence-electron chi connectivity index (χ2n) is 4.28. The van der Waals surface area contributed by atoms with Crippen molar-refractivity contribution in [1.82, 2.24) is 4.31 Å². The number of methoxy groups -OCH3 is 1. The maximum Gasteiger partial charge on any atom is 0.246 e. The van der Waals surface area contributed by atoms with Gasteiger partial charge in [0.25, 0.3) is 0 Å². The number of benzene rings is 1. The van der Waals surface area contributed by atoms with Crippen LogP contribution in [0.4, 0.5) is 5.69 Å². The maximum absolute atomic E-state index is 12.3. The molecule has 0 atom stereocenters. The Balaban J connectivity index is 2.31. The van der Waals surface area contributed by atoms with Crippen LogP contribution in [0.2, 0.25) is 0 Å². The molecule has 0 aromatic heterocycles. The number of anilines is 1. The molecule has 0 amide bonds. The maximum atomic E-state index is 12.3. The molecular formula is C11H16N2O4S. The molecule has 100 valence electrons. The van der Waals surface area contributed by atoms with Crippen molar-refractivity contribution < 1.29 is 18.3 Å². The number of nitrogen functional groups attached to an aromatic ring is 1. The monoisotopic (exact) mass is 272 g/mol. The van der Waals surface area contributed by atoms with Crippen LogP contribution in [0.1, 0.15) is 0 Å². The SMILES string of the molecule is COc1cc(N)ccc1S(=O)(=O)N1CC(CO)C1. The smallest absolute Gasteiger partial charge is 0.246 e. The normalized spacial score (nSPS) is 17.4. The second kappa shape index (κ2) is 4.75. The lowest BCUT2D eigenvalue weighted by Gasteiger charge is -2.37. The fourth-order valence-electron chi connectivity index (χ4n) is 1.87. The third kappa shape index (κ3) is 2.16. The molecule has 2 rings (SSSR count). The van der Waals surface area contributed by atoms with Gasteiger partial charge in [-0.15, -0.1) is 0 Å². The first-order chi connectivity index (χ1) is 8.48. The lowest BCUT2D eigenvalue weighted by Crippen LogP contribution is -2.51. The Labute approximate surface area is 106 Å². The van der Waals surface area contributed by atoms with Gasteiger partial charge in [-0.25, -0.2) is 8.42 Å². The van der Waals surface area contributed by atoms with E-state index in [2.05, 4.69) is 0 Å². The Morgan fingerprint density at radius 1 is 1.50 bits per heavy atom. The standard InChI is InChI=1S/C11H16N2O4S/c1-17-10-4-9(12)2-3-11(10)18(15,16)13-5-8(6-13)7-14/h2-4,8,14H,5-7,12H2,1H3. The summed E-state index contributed by atoms with van der Waals surface area (Å²) >= 11 is 0. The van der Waals surface area contributed by atoms with Crippen molar-refractivity contribution >= 4 is 15.7 Å². The van der Waals surface area contributed by atoms with Crippen molar-refractivity contribution in [1.29, 1.82) is 0 Å². The highest BCUT2D eigenvalue weighted by molar-refractivity contribution is 7.89. The first kappa shape index (κ1) is 13.1. The van der Waals surface area contributed by atoms with E-state index in [1.54, 1.807) is 0 Å². The van der Waals surface area contributed by atoms with Crippen LogP contribution in [-0.2, 0) is 10.0 Å². The minimum Gasteiger partial charge on any atom is -0.495 e. The van der Waals surface area contributed by atoms with Gasteiger partial charge in [-0.05, 0) is 12.1 Å². The van der Waals surface area contributed by atoms with Crippen molar-refractivity contribution in [2.24, 2.45) is 5.92 Å². The summed E-state index contributed by atoms with van der Waals surface area (Å²) < 4.78 is 31.0. The number of sulfonamides is 1. The molecule has 1 heterocycles. The molecule has 1 aromatic rings. The molecule has 1 aromatic carbocycles. The summed E-state index contributed by atoms with van der Waals surface area (Å²) in [5.41, 5.74) is 6.04. The van der Waals surface area contributed by atoms with Gasteiger partial charge in [-0.1, -0.05) is 0 Å². The molecule has 18 heavy (non-hydrogen) atoms. The zero-order chi connectivity index (χ0) is 13.3. The van der Waals surface area contributed by atoms with E-state index in [1.807, 2.05) is 0 Å². The van der Waals surface area contributed by atoms with Crippen molar-refractivity contribution in [2.45, 2.75) is 4.90 Å². The molecule has 1 aliphatic rings. The van der Waals surface area contributed by atoms with E-state index in [-0.39, 0.29) is 23.2 Å². The number of ether oxygens (including phenoxy) is 1. The van der Waals surface area contributed by atoms with E-state index in [9.17, 15) is 8.42 Å². The summed E-state index contributed by atoms with van der Waals surface area (Å²) in [7, 11) is -2.16. The minimum absolute atomic E-state index is 0.00485. The number of hydrogen-bond acceptors (Lipinski definition) is 5. The lowest BCUT2D eigenvalue weighted by atomic mass is 10.1. The van der Waals surface area contributed by atoms with Gasteiger partial charge < -0.3 is 15.6 Å². The molecule has 3 N–H and O–H groups in total. The topological polar surface area (TPSA) is 92.9 Å². The number of rotatable bonds is 4. The molecule has 6 nitrogen and oxygen atoms in total. The fourth-order valence-corrected chi connectivity index (χ4v) is 3.60. The van der Waals surface area contributed by atoms with E-state index >= 15 is 0 Å². The van der Waals surface area contributed by atoms with Crippen LogP contribution in [0.15, 0.2) is 23.1 Å². The third-order valence-corrected chi connectivity index (χ3v) is 4.86. The van der Waals surface area contributed by atoms with Crippen molar-refractivity contribution in [3.05, 3.63) is 18.2 Å². The molecular weight excluding hydrogens is 256 g/mol. The predicted octanol–water partition coefficient (Wildman–Crippen LogP) is -0.110. The van der Waals surface area contributed by atoms with Gasteiger partial charge in [0.2, 0.25) is 10.0 Å². The number of hydrogen-bond donors (Lipinski definition) is 2. The van der Waals surface area contributed by atoms with Crippen molar-refractivity contribution in [3.8, 4) is 5.75 Å². The summed E-state index contributed by atoms with van der Waals surface area (Å²) in [6, 6.07) is 4.45.